The lowest BCUT2D eigenvalue weighted by molar-refractivity contribution is -0.134. The molecule has 6 nitrogen and oxygen atoms in total. The fraction of sp³-hybridized carbons (Fsp3) is 0.312. The molecular formula is C16H18N2O4. The molecule has 0 saturated carbocycles. The Kier molecular flexibility index (Phi) is 4.30. The van der Waals surface area contributed by atoms with Gasteiger partial charge in [-0.1, -0.05) is 19.1 Å². The Morgan fingerprint density at radius 3 is 1.91 bits per heavy atom. The van der Waals surface area contributed by atoms with Crippen LogP contribution >= 0.6 is 0 Å². The van der Waals surface area contributed by atoms with E-state index in [-0.39, 0.29) is 5.57 Å². The minimum Gasteiger partial charge on any atom is -0.497 e. The Balaban J connectivity index is 2.57. The van der Waals surface area contributed by atoms with Gasteiger partial charge >= 0.3 is 6.03 Å². The number of allylic oxidation sites excluding steroid dienone is 1. The van der Waals surface area contributed by atoms with Crippen LogP contribution in [0.3, 0.4) is 0 Å². The lowest BCUT2D eigenvalue weighted by Crippen LogP contribution is -2.53. The van der Waals surface area contributed by atoms with Crippen LogP contribution in [0.25, 0.3) is 5.57 Å². The topological polar surface area (TPSA) is 66.9 Å². The SMILES string of the molecule is CCC(=C1C(=O)N(C)C(=O)N(C)C1=O)c1ccc(OC)cc1. The summed E-state index contributed by atoms with van der Waals surface area (Å²) >= 11 is 0. The van der Waals surface area contributed by atoms with E-state index in [4.69, 9.17) is 4.74 Å². The molecule has 2 rings (SSSR count). The average molecular weight is 302 g/mol. The van der Waals surface area contributed by atoms with Crippen molar-refractivity contribution in [3.8, 4) is 5.75 Å². The van der Waals surface area contributed by atoms with Gasteiger partial charge < -0.3 is 4.74 Å². The van der Waals surface area contributed by atoms with E-state index in [9.17, 15) is 14.4 Å². The minimum atomic E-state index is -0.621. The second kappa shape index (κ2) is 6.01. The van der Waals surface area contributed by atoms with Crippen molar-refractivity contribution in [2.75, 3.05) is 21.2 Å². The predicted molar refractivity (Wildman–Crippen MR) is 81.1 cm³/mol. The van der Waals surface area contributed by atoms with Gasteiger partial charge in [-0.3, -0.25) is 19.4 Å². The van der Waals surface area contributed by atoms with Gasteiger partial charge in [0.15, 0.2) is 0 Å². The van der Waals surface area contributed by atoms with E-state index in [0.29, 0.717) is 17.7 Å². The molecule has 0 aliphatic carbocycles. The smallest absolute Gasteiger partial charge is 0.333 e. The summed E-state index contributed by atoms with van der Waals surface area (Å²) in [6.07, 6.45) is 0.495. The molecule has 116 valence electrons. The fourth-order valence-electron chi connectivity index (χ4n) is 2.40. The number of nitrogens with zero attached hydrogens (tertiary/aromatic N) is 2. The fourth-order valence-corrected chi connectivity index (χ4v) is 2.40. The number of carbonyl (C=O) groups excluding carboxylic acids is 3. The number of benzene rings is 1. The standard InChI is InChI=1S/C16H18N2O4/c1-5-12(10-6-8-11(22-4)9-7-10)13-14(19)17(2)16(21)18(3)15(13)20/h6-9H,5H2,1-4H3. The summed E-state index contributed by atoms with van der Waals surface area (Å²) in [6.45, 7) is 1.86. The summed E-state index contributed by atoms with van der Waals surface area (Å²) in [6, 6.07) is 6.50. The lowest BCUT2D eigenvalue weighted by atomic mass is 9.95. The summed E-state index contributed by atoms with van der Waals surface area (Å²) in [4.78, 5) is 38.4. The summed E-state index contributed by atoms with van der Waals surface area (Å²) < 4.78 is 5.11. The summed E-state index contributed by atoms with van der Waals surface area (Å²) in [5.74, 6) is -0.448. The molecule has 4 amide bonds. The van der Waals surface area contributed by atoms with Crippen molar-refractivity contribution in [3.63, 3.8) is 0 Å². The van der Waals surface area contributed by atoms with Crippen molar-refractivity contribution >= 4 is 23.4 Å². The maximum Gasteiger partial charge on any atom is 0.333 e. The molecule has 0 N–H and O–H groups in total. The molecule has 1 fully saturated rings. The molecule has 1 aliphatic heterocycles. The molecule has 0 spiro atoms. The number of carbonyl (C=O) groups is 3. The van der Waals surface area contributed by atoms with E-state index < -0.39 is 17.8 Å². The van der Waals surface area contributed by atoms with E-state index in [2.05, 4.69) is 0 Å². The number of ether oxygens (including phenoxy) is 1. The third kappa shape index (κ3) is 2.47. The quantitative estimate of drug-likeness (QED) is 0.632. The van der Waals surface area contributed by atoms with Crippen molar-refractivity contribution in [1.29, 1.82) is 0 Å². The monoisotopic (exact) mass is 302 g/mol. The molecule has 1 heterocycles. The van der Waals surface area contributed by atoms with Crippen molar-refractivity contribution in [3.05, 3.63) is 35.4 Å². The number of imide groups is 2. The van der Waals surface area contributed by atoms with Gasteiger partial charge in [0, 0.05) is 14.1 Å². The van der Waals surface area contributed by atoms with Crippen LogP contribution in [0.15, 0.2) is 29.8 Å². The normalized spacial score (nSPS) is 15.5. The van der Waals surface area contributed by atoms with Crippen molar-refractivity contribution < 1.29 is 19.1 Å². The van der Waals surface area contributed by atoms with Gasteiger partial charge in [-0.25, -0.2) is 4.79 Å². The predicted octanol–water partition coefficient (Wildman–Crippen LogP) is 1.91. The molecule has 1 aromatic rings. The van der Waals surface area contributed by atoms with E-state index in [0.717, 1.165) is 15.4 Å². The number of hydrogen-bond acceptors (Lipinski definition) is 4. The van der Waals surface area contributed by atoms with E-state index in [1.165, 1.54) is 14.1 Å². The first-order valence-corrected chi connectivity index (χ1v) is 6.90. The summed E-state index contributed by atoms with van der Waals surface area (Å²) in [7, 11) is 4.31. The van der Waals surface area contributed by atoms with Gasteiger partial charge in [0.2, 0.25) is 0 Å². The zero-order chi connectivity index (χ0) is 16.4. The first-order valence-electron chi connectivity index (χ1n) is 6.90. The molecule has 1 saturated heterocycles. The van der Waals surface area contributed by atoms with Gasteiger partial charge in [-0.15, -0.1) is 0 Å². The zero-order valence-electron chi connectivity index (χ0n) is 13.0. The highest BCUT2D eigenvalue weighted by atomic mass is 16.5. The first kappa shape index (κ1) is 15.8. The number of hydrogen-bond donors (Lipinski definition) is 0. The number of rotatable bonds is 3. The first-order chi connectivity index (χ1) is 10.4. The number of likely N-dealkylation sites (N-methyl/N-ethyl adjacent to an activating group) is 2. The Bertz CT molecular complexity index is 635. The highest BCUT2D eigenvalue weighted by molar-refractivity contribution is 6.32. The molecule has 0 atom stereocenters. The average Bonchev–Trinajstić information content (AvgIpc) is 2.55. The number of barbiturate groups is 1. The molecule has 0 radical (unpaired) electrons. The Hall–Kier alpha value is -2.63. The number of urea groups is 1. The van der Waals surface area contributed by atoms with Crippen LogP contribution in [0.4, 0.5) is 4.79 Å². The minimum absolute atomic E-state index is 0.0391. The second-order valence-corrected chi connectivity index (χ2v) is 4.95. The third-order valence-corrected chi connectivity index (χ3v) is 3.70. The second-order valence-electron chi connectivity index (χ2n) is 4.95. The van der Waals surface area contributed by atoms with Crippen LogP contribution in [0.1, 0.15) is 18.9 Å². The van der Waals surface area contributed by atoms with E-state index in [1.54, 1.807) is 31.4 Å². The lowest BCUT2D eigenvalue weighted by Gasteiger charge is -2.30. The molecule has 0 unspecified atom stereocenters. The van der Waals surface area contributed by atoms with E-state index >= 15 is 0 Å². The largest absolute Gasteiger partial charge is 0.497 e. The van der Waals surface area contributed by atoms with Crippen molar-refractivity contribution in [2.45, 2.75) is 13.3 Å². The Morgan fingerprint density at radius 2 is 1.50 bits per heavy atom. The summed E-state index contributed by atoms with van der Waals surface area (Å²) in [5.41, 5.74) is 1.41. The van der Waals surface area contributed by atoms with Gasteiger partial charge in [-0.2, -0.15) is 0 Å². The number of methoxy groups -OCH3 is 1. The molecule has 1 aromatic carbocycles. The van der Waals surface area contributed by atoms with Crippen molar-refractivity contribution in [1.82, 2.24) is 9.80 Å². The maximum absolute atomic E-state index is 12.4. The molecular weight excluding hydrogens is 284 g/mol. The van der Waals surface area contributed by atoms with E-state index in [1.807, 2.05) is 6.92 Å². The van der Waals surface area contributed by atoms with Crippen LogP contribution in [-0.2, 0) is 9.59 Å². The third-order valence-electron chi connectivity index (χ3n) is 3.70. The summed E-state index contributed by atoms with van der Waals surface area (Å²) in [5, 5.41) is 0. The van der Waals surface area contributed by atoms with Crippen LogP contribution in [0.2, 0.25) is 0 Å². The molecule has 1 aliphatic rings. The zero-order valence-corrected chi connectivity index (χ0v) is 13.0. The van der Waals surface area contributed by atoms with Gasteiger partial charge in [0.1, 0.15) is 11.3 Å². The van der Waals surface area contributed by atoms with Crippen LogP contribution < -0.4 is 4.74 Å². The highest BCUT2D eigenvalue weighted by Gasteiger charge is 2.39. The molecule has 0 aromatic heterocycles. The molecule has 0 bridgehead atoms. The molecule has 22 heavy (non-hydrogen) atoms. The highest BCUT2D eigenvalue weighted by Crippen LogP contribution is 2.28. The Morgan fingerprint density at radius 1 is 1.00 bits per heavy atom. The van der Waals surface area contributed by atoms with Gasteiger partial charge in [0.25, 0.3) is 11.8 Å². The van der Waals surface area contributed by atoms with Crippen molar-refractivity contribution in [2.24, 2.45) is 0 Å². The van der Waals surface area contributed by atoms with Crippen LogP contribution in [0, 0.1) is 0 Å². The molecule has 6 heteroatoms. The van der Waals surface area contributed by atoms with Gasteiger partial charge in [0.05, 0.1) is 7.11 Å². The Labute approximate surface area is 129 Å². The van der Waals surface area contributed by atoms with Crippen LogP contribution in [0.5, 0.6) is 5.75 Å². The number of amides is 4. The maximum atomic E-state index is 12.4. The van der Waals surface area contributed by atoms with Crippen LogP contribution in [-0.4, -0.2) is 48.9 Å². The van der Waals surface area contributed by atoms with Gasteiger partial charge in [-0.05, 0) is 29.7 Å².